The highest BCUT2D eigenvalue weighted by atomic mass is 16.6. The van der Waals surface area contributed by atoms with Gasteiger partial charge in [-0.15, -0.1) is 0 Å². The fourth-order valence-electron chi connectivity index (χ4n) is 2.85. The number of carboxylic acid groups (broad SMARTS) is 1. The molecule has 0 spiro atoms. The number of phenols is 2. The summed E-state index contributed by atoms with van der Waals surface area (Å²) in [6.07, 6.45) is 0. The highest BCUT2D eigenvalue weighted by Crippen LogP contribution is 2.12. The van der Waals surface area contributed by atoms with Crippen molar-refractivity contribution in [2.75, 3.05) is 26.4 Å². The van der Waals surface area contributed by atoms with E-state index in [1.54, 1.807) is 12.1 Å². The highest BCUT2D eigenvalue weighted by molar-refractivity contribution is 5.89. The van der Waals surface area contributed by atoms with Crippen LogP contribution >= 0.6 is 0 Å². The highest BCUT2D eigenvalue weighted by Gasteiger charge is 2.07. The molecule has 0 fully saturated rings. The third-order valence-electron chi connectivity index (χ3n) is 4.61. The number of aliphatic hydroxyl groups excluding tert-OH is 1. The minimum absolute atomic E-state index is 0.0279. The first-order valence-electron chi connectivity index (χ1n) is 11.8. The molecule has 0 radical (unpaired) electrons. The lowest BCUT2D eigenvalue weighted by Gasteiger charge is -2.07. The smallest absolute Gasteiger partial charge is 0.338 e. The van der Waals surface area contributed by atoms with Crippen molar-refractivity contribution in [3.05, 3.63) is 120 Å². The summed E-state index contributed by atoms with van der Waals surface area (Å²) in [4.78, 5) is 21.9. The van der Waals surface area contributed by atoms with Crippen LogP contribution in [-0.2, 0) is 4.74 Å². The van der Waals surface area contributed by atoms with Gasteiger partial charge >= 0.3 is 11.9 Å². The Morgan fingerprint density at radius 2 is 1.08 bits per heavy atom. The van der Waals surface area contributed by atoms with E-state index in [4.69, 9.17) is 29.5 Å². The first kappa shape index (κ1) is 30.2. The van der Waals surface area contributed by atoms with E-state index < -0.39 is 11.9 Å². The van der Waals surface area contributed by atoms with Crippen LogP contribution in [0.4, 0.5) is 0 Å². The van der Waals surface area contributed by atoms with E-state index in [-0.39, 0.29) is 36.9 Å². The Hall–Kier alpha value is -5.02. The largest absolute Gasteiger partial charge is 0.508 e. The van der Waals surface area contributed by atoms with Crippen LogP contribution in [0.25, 0.3) is 0 Å². The average molecular weight is 535 g/mol. The van der Waals surface area contributed by atoms with Gasteiger partial charge in [-0.05, 0) is 60.7 Å². The normalized spacial score (nSPS) is 9.56. The van der Waals surface area contributed by atoms with Crippen molar-refractivity contribution >= 4 is 11.9 Å². The number of rotatable bonds is 9. The van der Waals surface area contributed by atoms with Crippen molar-refractivity contribution in [1.29, 1.82) is 0 Å². The maximum Gasteiger partial charge on any atom is 0.338 e. The molecule has 9 heteroatoms. The molecule has 0 aliphatic carbocycles. The van der Waals surface area contributed by atoms with E-state index >= 15 is 0 Å². The number of hydrogen-bond acceptors (Lipinski definition) is 8. The van der Waals surface area contributed by atoms with E-state index in [1.807, 2.05) is 60.7 Å². The second-order valence-electron chi connectivity index (χ2n) is 7.59. The Morgan fingerprint density at radius 3 is 1.54 bits per heavy atom. The molecule has 4 N–H and O–H groups in total. The Bertz CT molecular complexity index is 1260. The first-order chi connectivity index (χ1) is 18.9. The van der Waals surface area contributed by atoms with Crippen molar-refractivity contribution < 1.29 is 44.2 Å². The molecule has 0 aromatic heterocycles. The third-order valence-corrected chi connectivity index (χ3v) is 4.61. The minimum Gasteiger partial charge on any atom is -0.508 e. The van der Waals surface area contributed by atoms with Gasteiger partial charge in [0.25, 0.3) is 0 Å². The lowest BCUT2D eigenvalue weighted by Crippen LogP contribution is -2.12. The molecule has 204 valence electrons. The predicted molar refractivity (Wildman–Crippen MR) is 144 cm³/mol. The minimum atomic E-state index is -1.03. The van der Waals surface area contributed by atoms with Gasteiger partial charge in [0.05, 0.1) is 17.7 Å². The monoisotopic (exact) mass is 534 g/mol. The molecule has 0 unspecified atom stereocenters. The van der Waals surface area contributed by atoms with Crippen LogP contribution in [0, 0.1) is 0 Å². The van der Waals surface area contributed by atoms with Gasteiger partial charge in [-0.25, -0.2) is 9.59 Å². The zero-order valence-corrected chi connectivity index (χ0v) is 21.1. The third kappa shape index (κ3) is 12.7. The summed E-state index contributed by atoms with van der Waals surface area (Å²) in [5.41, 5.74) is 0.416. The average Bonchev–Trinajstić information content (AvgIpc) is 2.96. The standard InChI is InChI=1S/C15H14O4.C8H10O2.C7H6O3/c16-13-6-4-5-12(11-13)15(17)19-10-9-18-14-7-2-1-3-8-14;9-6-7-10-8-4-2-1-3-5-8;8-6-3-1-2-5(4-6)7(9)10/h1-8,11,16H,9-10H2;1-5,9H,6-7H2;1-4,8H,(H,9,10). The number of carboxylic acids is 1. The van der Waals surface area contributed by atoms with Gasteiger partial charge < -0.3 is 34.6 Å². The van der Waals surface area contributed by atoms with Gasteiger partial charge in [-0.1, -0.05) is 48.5 Å². The molecule has 4 aromatic carbocycles. The number of esters is 1. The summed E-state index contributed by atoms with van der Waals surface area (Å²) in [6, 6.07) is 30.3. The molecule has 0 saturated carbocycles. The number of carbonyl (C=O) groups is 2. The topological polar surface area (TPSA) is 143 Å². The maximum atomic E-state index is 11.6. The van der Waals surface area contributed by atoms with Crippen LogP contribution in [0.1, 0.15) is 20.7 Å². The maximum absolute atomic E-state index is 11.6. The summed E-state index contributed by atoms with van der Waals surface area (Å²) in [5.74, 6) is 0.0331. The number of aliphatic hydroxyl groups is 1. The number of para-hydroxylation sites is 2. The van der Waals surface area contributed by atoms with Crippen molar-refractivity contribution in [3.8, 4) is 23.0 Å². The van der Waals surface area contributed by atoms with Crippen LogP contribution < -0.4 is 9.47 Å². The van der Waals surface area contributed by atoms with Crippen LogP contribution in [-0.4, -0.2) is 58.8 Å². The van der Waals surface area contributed by atoms with Gasteiger partial charge in [0.1, 0.15) is 42.8 Å². The van der Waals surface area contributed by atoms with Crippen LogP contribution in [0.15, 0.2) is 109 Å². The van der Waals surface area contributed by atoms with Crippen LogP contribution in [0.5, 0.6) is 23.0 Å². The molecule has 0 amide bonds. The van der Waals surface area contributed by atoms with Gasteiger partial charge in [0, 0.05) is 0 Å². The van der Waals surface area contributed by atoms with E-state index in [0.29, 0.717) is 12.2 Å². The Balaban J connectivity index is 0.000000225. The van der Waals surface area contributed by atoms with Crippen LogP contribution in [0.2, 0.25) is 0 Å². The molecular weight excluding hydrogens is 504 g/mol. The second-order valence-corrected chi connectivity index (χ2v) is 7.59. The van der Waals surface area contributed by atoms with Gasteiger partial charge in [0.2, 0.25) is 0 Å². The SMILES string of the molecule is O=C(O)c1cccc(O)c1.O=C(OCCOc1ccccc1)c1cccc(O)c1.OCCOc1ccccc1. The summed E-state index contributed by atoms with van der Waals surface area (Å²) in [6.45, 7) is 0.872. The van der Waals surface area contributed by atoms with Gasteiger partial charge in [-0.2, -0.15) is 0 Å². The number of carbonyl (C=O) groups excluding carboxylic acids is 1. The fraction of sp³-hybridized carbons (Fsp3) is 0.133. The molecule has 0 bridgehead atoms. The van der Waals surface area contributed by atoms with Crippen LogP contribution in [0.3, 0.4) is 0 Å². The molecule has 0 aliphatic rings. The zero-order chi connectivity index (χ0) is 28.3. The number of ether oxygens (including phenoxy) is 3. The molecular formula is C30H30O9. The van der Waals surface area contributed by atoms with Gasteiger partial charge in [-0.3, -0.25) is 0 Å². The lowest BCUT2D eigenvalue weighted by molar-refractivity contribution is 0.0449. The van der Waals surface area contributed by atoms with E-state index in [1.165, 1.54) is 36.4 Å². The van der Waals surface area contributed by atoms with Crippen molar-refractivity contribution in [2.45, 2.75) is 0 Å². The molecule has 0 heterocycles. The van der Waals surface area contributed by atoms with E-state index in [0.717, 1.165) is 11.5 Å². The van der Waals surface area contributed by atoms with Crippen molar-refractivity contribution in [1.82, 2.24) is 0 Å². The molecule has 4 rings (SSSR count). The molecule has 39 heavy (non-hydrogen) atoms. The molecule has 0 aliphatic heterocycles. The quantitative estimate of drug-likeness (QED) is 0.176. The number of aromatic carboxylic acids is 1. The Kier molecular flexibility index (Phi) is 13.5. The molecule has 0 saturated heterocycles. The molecule has 4 aromatic rings. The summed E-state index contributed by atoms with van der Waals surface area (Å²) >= 11 is 0. The summed E-state index contributed by atoms with van der Waals surface area (Å²) < 4.78 is 15.5. The summed E-state index contributed by atoms with van der Waals surface area (Å²) in [5, 5.41) is 34.8. The number of phenolic OH excluding ortho intramolecular Hbond substituents is 2. The fourth-order valence-corrected chi connectivity index (χ4v) is 2.85. The lowest BCUT2D eigenvalue weighted by atomic mass is 10.2. The second kappa shape index (κ2) is 17.4. The zero-order valence-electron chi connectivity index (χ0n) is 21.1. The van der Waals surface area contributed by atoms with E-state index in [2.05, 4.69) is 0 Å². The van der Waals surface area contributed by atoms with E-state index in [9.17, 15) is 14.7 Å². The number of aromatic hydroxyl groups is 2. The molecule has 0 atom stereocenters. The van der Waals surface area contributed by atoms with Crippen molar-refractivity contribution in [3.63, 3.8) is 0 Å². The first-order valence-corrected chi connectivity index (χ1v) is 11.8. The summed E-state index contributed by atoms with van der Waals surface area (Å²) in [7, 11) is 0. The Labute approximate surface area is 226 Å². The molecule has 9 nitrogen and oxygen atoms in total. The predicted octanol–water partition coefficient (Wildman–Crippen LogP) is 4.78. The van der Waals surface area contributed by atoms with Gasteiger partial charge in [0.15, 0.2) is 0 Å². The number of hydrogen-bond donors (Lipinski definition) is 4. The number of benzene rings is 4. The van der Waals surface area contributed by atoms with Crippen molar-refractivity contribution in [2.24, 2.45) is 0 Å². The Morgan fingerprint density at radius 1 is 0.590 bits per heavy atom.